The number of carbonyl (C=O) groups is 3. The number of amides is 2. The Balaban J connectivity index is 2.12. The highest BCUT2D eigenvalue weighted by Gasteiger charge is 2.29. The molecular formula is C18H20N2O4S2. The molecule has 0 aliphatic carbocycles. The number of hydrogen-bond acceptors (Lipinski definition) is 5. The Morgan fingerprint density at radius 1 is 1.35 bits per heavy atom. The number of likely N-dealkylation sites (N-methyl/N-ethyl adjacent to an activating group) is 1. The van der Waals surface area contributed by atoms with E-state index < -0.39 is 17.9 Å². The molecule has 1 aliphatic heterocycles. The molecular weight excluding hydrogens is 372 g/mol. The largest absolute Gasteiger partial charge is 0.480 e. The van der Waals surface area contributed by atoms with Crippen molar-refractivity contribution >= 4 is 52.2 Å². The van der Waals surface area contributed by atoms with Crippen LogP contribution in [0.1, 0.15) is 36.2 Å². The lowest BCUT2D eigenvalue weighted by Gasteiger charge is -2.20. The average molecular weight is 393 g/mol. The summed E-state index contributed by atoms with van der Waals surface area (Å²) in [7, 11) is 1.63. The van der Waals surface area contributed by atoms with E-state index in [0.29, 0.717) is 21.2 Å². The standard InChI is InChI=1S/C18H20N2O4S2/c1-4-10(2)14(17(23)24)19-15(21)12-7-5-11(6-8-12)9-13-16(22)20(3)18(25)26-13/h5-10,14H,4H2,1-3H3,(H,19,21)(H,23,24). The first-order valence-corrected chi connectivity index (χ1v) is 9.32. The Labute approximate surface area is 161 Å². The Bertz CT molecular complexity index is 774. The van der Waals surface area contributed by atoms with Crippen LogP contribution in [-0.4, -0.2) is 45.2 Å². The van der Waals surface area contributed by atoms with Crippen molar-refractivity contribution in [2.24, 2.45) is 5.92 Å². The fraction of sp³-hybridized carbons (Fsp3) is 0.333. The highest BCUT2D eigenvalue weighted by atomic mass is 32.2. The molecule has 1 aromatic rings. The molecule has 2 atom stereocenters. The van der Waals surface area contributed by atoms with Gasteiger partial charge in [0.15, 0.2) is 0 Å². The number of thiocarbonyl (C=S) groups is 1. The molecule has 2 N–H and O–H groups in total. The maximum atomic E-state index is 12.3. The molecule has 6 nitrogen and oxygen atoms in total. The average Bonchev–Trinajstić information content (AvgIpc) is 2.86. The second-order valence-corrected chi connectivity index (χ2v) is 7.71. The SMILES string of the molecule is CCC(C)C(NC(=O)c1ccc(C=C2SC(=S)N(C)C2=O)cc1)C(=O)O. The molecule has 2 rings (SSSR count). The van der Waals surface area contributed by atoms with Gasteiger partial charge in [-0.2, -0.15) is 0 Å². The Kier molecular flexibility index (Phi) is 6.55. The maximum absolute atomic E-state index is 12.3. The van der Waals surface area contributed by atoms with Gasteiger partial charge in [0.25, 0.3) is 11.8 Å². The van der Waals surface area contributed by atoms with Crippen LogP contribution >= 0.6 is 24.0 Å². The van der Waals surface area contributed by atoms with Gasteiger partial charge in [-0.15, -0.1) is 0 Å². The smallest absolute Gasteiger partial charge is 0.326 e. The van der Waals surface area contributed by atoms with Gasteiger partial charge in [-0.3, -0.25) is 14.5 Å². The Hall–Kier alpha value is -2.19. The molecule has 138 valence electrons. The van der Waals surface area contributed by atoms with Crippen LogP contribution in [-0.2, 0) is 9.59 Å². The predicted octanol–water partition coefficient (Wildman–Crippen LogP) is 2.75. The molecule has 8 heteroatoms. The lowest BCUT2D eigenvalue weighted by atomic mass is 9.99. The zero-order valence-electron chi connectivity index (χ0n) is 14.7. The normalized spacial score (nSPS) is 18.1. The fourth-order valence-corrected chi connectivity index (χ4v) is 3.51. The third-order valence-electron chi connectivity index (χ3n) is 4.22. The minimum atomic E-state index is -1.05. The summed E-state index contributed by atoms with van der Waals surface area (Å²) in [6.07, 6.45) is 2.36. The number of nitrogens with one attached hydrogen (secondary N) is 1. The lowest BCUT2D eigenvalue weighted by Crippen LogP contribution is -2.45. The first-order valence-electron chi connectivity index (χ1n) is 8.09. The Morgan fingerprint density at radius 3 is 2.42 bits per heavy atom. The molecule has 0 aromatic heterocycles. The molecule has 0 radical (unpaired) electrons. The summed E-state index contributed by atoms with van der Waals surface area (Å²) in [6.45, 7) is 3.66. The topological polar surface area (TPSA) is 86.7 Å². The highest BCUT2D eigenvalue weighted by Crippen LogP contribution is 2.31. The third kappa shape index (κ3) is 4.50. The van der Waals surface area contributed by atoms with Crippen LogP contribution in [0.15, 0.2) is 29.2 Å². The molecule has 1 heterocycles. The molecule has 0 saturated carbocycles. The van der Waals surface area contributed by atoms with Crippen LogP contribution in [0.3, 0.4) is 0 Å². The van der Waals surface area contributed by atoms with Crippen molar-refractivity contribution in [3.63, 3.8) is 0 Å². The van der Waals surface area contributed by atoms with Gasteiger partial charge in [0.2, 0.25) is 0 Å². The van der Waals surface area contributed by atoms with E-state index >= 15 is 0 Å². The summed E-state index contributed by atoms with van der Waals surface area (Å²) in [6, 6.07) is 5.68. The van der Waals surface area contributed by atoms with Crippen molar-refractivity contribution in [2.75, 3.05) is 7.05 Å². The van der Waals surface area contributed by atoms with E-state index in [0.717, 1.165) is 5.56 Å². The predicted molar refractivity (Wildman–Crippen MR) is 106 cm³/mol. The van der Waals surface area contributed by atoms with E-state index in [9.17, 15) is 19.5 Å². The van der Waals surface area contributed by atoms with Gasteiger partial charge in [-0.25, -0.2) is 4.79 Å². The zero-order chi connectivity index (χ0) is 19.4. The van der Waals surface area contributed by atoms with Crippen molar-refractivity contribution in [3.05, 3.63) is 40.3 Å². The molecule has 1 aromatic carbocycles. The number of rotatable bonds is 6. The molecule has 0 spiro atoms. The maximum Gasteiger partial charge on any atom is 0.326 e. The Morgan fingerprint density at radius 2 is 1.96 bits per heavy atom. The van der Waals surface area contributed by atoms with Crippen LogP contribution < -0.4 is 5.32 Å². The van der Waals surface area contributed by atoms with Gasteiger partial charge in [0.05, 0.1) is 4.91 Å². The molecule has 1 fully saturated rings. The van der Waals surface area contributed by atoms with Gasteiger partial charge in [0, 0.05) is 12.6 Å². The third-order valence-corrected chi connectivity index (χ3v) is 5.71. The minimum Gasteiger partial charge on any atom is -0.480 e. The molecule has 0 bridgehead atoms. The van der Waals surface area contributed by atoms with Crippen molar-refractivity contribution < 1.29 is 19.5 Å². The van der Waals surface area contributed by atoms with Crippen molar-refractivity contribution in [1.82, 2.24) is 10.2 Å². The fourth-order valence-electron chi connectivity index (χ4n) is 2.34. The quantitative estimate of drug-likeness (QED) is 0.572. The molecule has 2 unspecified atom stereocenters. The van der Waals surface area contributed by atoms with Crippen LogP contribution in [0, 0.1) is 5.92 Å². The van der Waals surface area contributed by atoms with Crippen LogP contribution in [0.2, 0.25) is 0 Å². The van der Waals surface area contributed by atoms with E-state index in [1.54, 1.807) is 44.3 Å². The van der Waals surface area contributed by atoms with E-state index in [2.05, 4.69) is 5.32 Å². The zero-order valence-corrected chi connectivity index (χ0v) is 16.3. The van der Waals surface area contributed by atoms with Crippen LogP contribution in [0.25, 0.3) is 6.08 Å². The second-order valence-electron chi connectivity index (χ2n) is 6.04. The van der Waals surface area contributed by atoms with Gasteiger partial charge in [-0.1, -0.05) is 56.4 Å². The van der Waals surface area contributed by atoms with Gasteiger partial charge >= 0.3 is 5.97 Å². The van der Waals surface area contributed by atoms with Gasteiger partial charge in [0.1, 0.15) is 10.4 Å². The molecule has 2 amide bonds. The van der Waals surface area contributed by atoms with Crippen molar-refractivity contribution in [2.45, 2.75) is 26.3 Å². The van der Waals surface area contributed by atoms with E-state index in [1.807, 2.05) is 6.92 Å². The van der Waals surface area contributed by atoms with Crippen molar-refractivity contribution in [3.8, 4) is 0 Å². The summed E-state index contributed by atoms with van der Waals surface area (Å²) in [5.41, 5.74) is 1.12. The number of hydrogen-bond donors (Lipinski definition) is 2. The summed E-state index contributed by atoms with van der Waals surface area (Å²) >= 11 is 6.31. The number of carboxylic acids is 1. The summed E-state index contributed by atoms with van der Waals surface area (Å²) in [5, 5.41) is 11.8. The highest BCUT2D eigenvalue weighted by molar-refractivity contribution is 8.26. The monoisotopic (exact) mass is 392 g/mol. The number of nitrogens with zero attached hydrogens (tertiary/aromatic N) is 1. The lowest BCUT2D eigenvalue weighted by molar-refractivity contribution is -0.140. The first kappa shape index (κ1) is 20.1. The number of benzene rings is 1. The number of thioether (sulfide) groups is 1. The van der Waals surface area contributed by atoms with E-state index in [1.165, 1.54) is 16.7 Å². The van der Waals surface area contributed by atoms with E-state index in [4.69, 9.17) is 12.2 Å². The van der Waals surface area contributed by atoms with Gasteiger partial charge < -0.3 is 10.4 Å². The minimum absolute atomic E-state index is 0.153. The first-order chi connectivity index (χ1) is 12.2. The van der Waals surface area contributed by atoms with Crippen molar-refractivity contribution in [1.29, 1.82) is 0 Å². The number of aliphatic carboxylic acids is 1. The number of carboxylic acid groups (broad SMARTS) is 1. The number of carbonyl (C=O) groups excluding carboxylic acids is 2. The van der Waals surface area contributed by atoms with Crippen LogP contribution in [0.4, 0.5) is 0 Å². The van der Waals surface area contributed by atoms with E-state index in [-0.39, 0.29) is 11.8 Å². The molecule has 1 aliphatic rings. The molecule has 26 heavy (non-hydrogen) atoms. The van der Waals surface area contributed by atoms with Gasteiger partial charge in [-0.05, 0) is 29.7 Å². The summed E-state index contributed by atoms with van der Waals surface area (Å²) < 4.78 is 0.502. The summed E-state index contributed by atoms with van der Waals surface area (Å²) in [5.74, 6) is -1.82. The van der Waals surface area contributed by atoms with Crippen LogP contribution in [0.5, 0.6) is 0 Å². The second kappa shape index (κ2) is 8.46. The summed E-state index contributed by atoms with van der Waals surface area (Å²) in [4.78, 5) is 37.6. The molecule has 1 saturated heterocycles.